The van der Waals surface area contributed by atoms with Gasteiger partial charge >= 0.3 is 5.97 Å². The molecular weight excluding hydrogens is 336 g/mol. The molecule has 0 spiro atoms. The van der Waals surface area contributed by atoms with E-state index in [9.17, 15) is 19.7 Å². The van der Waals surface area contributed by atoms with Crippen LogP contribution in [0.5, 0.6) is 0 Å². The number of carbonyl (C=O) groups excluding carboxylic acids is 1. The first kappa shape index (κ1) is 16.1. The number of rotatable bonds is 6. The van der Waals surface area contributed by atoms with Gasteiger partial charge in [-0.25, -0.2) is 4.79 Å². The molecule has 0 bridgehead atoms. The zero-order valence-corrected chi connectivity index (χ0v) is 11.7. The highest BCUT2D eigenvalue weighted by Gasteiger charge is 2.19. The number of carboxylic acid groups (broad SMARTS) is 1. The Balaban J connectivity index is 2.71. The summed E-state index contributed by atoms with van der Waals surface area (Å²) < 4.78 is 0.0429. The van der Waals surface area contributed by atoms with E-state index in [-0.39, 0.29) is 28.7 Å². The quantitative estimate of drug-likeness (QED) is 0.518. The minimum Gasteiger partial charge on any atom is -0.479 e. The minimum atomic E-state index is -1.57. The highest BCUT2D eigenvalue weighted by Crippen LogP contribution is 2.28. The third-order valence-corrected chi connectivity index (χ3v) is 3.24. The predicted molar refractivity (Wildman–Crippen MR) is 71.4 cm³/mol. The number of benzene rings is 1. The number of nitrogens with zero attached hydrogens (tertiary/aromatic N) is 1. The number of amides is 1. The van der Waals surface area contributed by atoms with Crippen LogP contribution in [0.2, 0.25) is 0 Å². The Morgan fingerprint density at radius 1 is 1.45 bits per heavy atom. The number of carboxylic acids is 1. The number of nitro groups is 1. The molecule has 3 N–H and O–H groups in total. The van der Waals surface area contributed by atoms with Crippen molar-refractivity contribution in [2.75, 3.05) is 6.54 Å². The molecule has 0 aromatic heterocycles. The van der Waals surface area contributed by atoms with E-state index in [2.05, 4.69) is 21.2 Å². The fourth-order valence-electron chi connectivity index (χ4n) is 1.38. The van der Waals surface area contributed by atoms with Gasteiger partial charge in [0.2, 0.25) is 0 Å². The van der Waals surface area contributed by atoms with Gasteiger partial charge in [-0.05, 0) is 22.0 Å². The lowest BCUT2D eigenvalue weighted by Gasteiger charge is -2.08. The second-order valence-corrected chi connectivity index (χ2v) is 4.59. The van der Waals surface area contributed by atoms with Crippen LogP contribution in [0, 0.1) is 10.1 Å². The summed E-state index contributed by atoms with van der Waals surface area (Å²) in [6, 6.07) is 4.00. The lowest BCUT2D eigenvalue weighted by atomic mass is 10.2. The molecule has 1 aromatic rings. The fraction of sp³-hybridized carbons (Fsp3) is 0.273. The fourth-order valence-corrected chi connectivity index (χ4v) is 1.97. The number of aliphatic hydroxyl groups is 1. The van der Waals surface area contributed by atoms with Gasteiger partial charge in [0.05, 0.1) is 10.5 Å². The van der Waals surface area contributed by atoms with Crippen LogP contribution in [0.1, 0.15) is 16.8 Å². The van der Waals surface area contributed by atoms with Gasteiger partial charge in [-0.2, -0.15) is 0 Å². The molecule has 0 aliphatic rings. The Morgan fingerprint density at radius 2 is 2.10 bits per heavy atom. The first-order valence-corrected chi connectivity index (χ1v) is 6.26. The molecule has 1 aromatic carbocycles. The predicted octanol–water partition coefficient (Wildman–Crippen LogP) is 0.923. The lowest BCUT2D eigenvalue weighted by molar-refractivity contribution is -0.385. The van der Waals surface area contributed by atoms with Crippen LogP contribution in [0.4, 0.5) is 5.69 Å². The molecule has 0 unspecified atom stereocenters. The highest BCUT2D eigenvalue weighted by molar-refractivity contribution is 9.10. The van der Waals surface area contributed by atoms with Crippen LogP contribution in [0.3, 0.4) is 0 Å². The van der Waals surface area contributed by atoms with E-state index < -0.39 is 22.9 Å². The van der Waals surface area contributed by atoms with Crippen molar-refractivity contribution in [3.05, 3.63) is 38.3 Å². The minimum absolute atomic E-state index is 0.0429. The Hall–Kier alpha value is -2.00. The van der Waals surface area contributed by atoms with Gasteiger partial charge < -0.3 is 15.5 Å². The van der Waals surface area contributed by atoms with Crippen molar-refractivity contribution in [1.82, 2.24) is 5.32 Å². The standard InChI is InChI=1S/C11H11BrN2O6/c12-9-6(2-1-3-7(9)14(19)20)10(16)13-5-4-8(15)11(17)18/h1-3,8,15H,4-5H2,(H,13,16)(H,17,18)/t8-/m0/s1. The Kier molecular flexibility index (Phi) is 5.59. The van der Waals surface area contributed by atoms with Crippen LogP contribution in [0.15, 0.2) is 22.7 Å². The highest BCUT2D eigenvalue weighted by atomic mass is 79.9. The number of nitro benzene ring substituents is 1. The third-order valence-electron chi connectivity index (χ3n) is 2.41. The van der Waals surface area contributed by atoms with E-state index in [1.807, 2.05) is 0 Å². The molecule has 1 amide bonds. The average molecular weight is 347 g/mol. The topological polar surface area (TPSA) is 130 Å². The molecule has 1 rings (SSSR count). The van der Waals surface area contributed by atoms with E-state index in [4.69, 9.17) is 10.2 Å². The number of carbonyl (C=O) groups is 2. The molecule has 0 aliphatic heterocycles. The molecule has 9 heteroatoms. The molecule has 108 valence electrons. The van der Waals surface area contributed by atoms with Crippen LogP contribution in [-0.4, -0.2) is 39.7 Å². The van der Waals surface area contributed by atoms with Crippen molar-refractivity contribution in [3.8, 4) is 0 Å². The van der Waals surface area contributed by atoms with E-state index in [1.165, 1.54) is 18.2 Å². The molecule has 0 saturated carbocycles. The van der Waals surface area contributed by atoms with Crippen molar-refractivity contribution in [3.63, 3.8) is 0 Å². The summed E-state index contributed by atoms with van der Waals surface area (Å²) in [5.74, 6) is -1.98. The molecule has 8 nitrogen and oxygen atoms in total. The maximum Gasteiger partial charge on any atom is 0.332 e. The third kappa shape index (κ3) is 4.00. The van der Waals surface area contributed by atoms with Gasteiger partial charge in [0.25, 0.3) is 11.6 Å². The normalized spacial score (nSPS) is 11.7. The zero-order valence-electron chi connectivity index (χ0n) is 10.1. The van der Waals surface area contributed by atoms with Gasteiger partial charge in [-0.3, -0.25) is 14.9 Å². The summed E-state index contributed by atoms with van der Waals surface area (Å²) in [7, 11) is 0. The van der Waals surface area contributed by atoms with Crippen molar-refractivity contribution >= 4 is 33.5 Å². The maximum absolute atomic E-state index is 11.8. The van der Waals surface area contributed by atoms with Gasteiger partial charge in [0.15, 0.2) is 6.10 Å². The summed E-state index contributed by atoms with van der Waals surface area (Å²) in [6.45, 7) is -0.0680. The van der Waals surface area contributed by atoms with Gasteiger partial charge in [-0.15, -0.1) is 0 Å². The molecule has 0 saturated heterocycles. The first-order valence-electron chi connectivity index (χ1n) is 5.46. The number of hydrogen-bond acceptors (Lipinski definition) is 5. The Bertz CT molecular complexity index is 548. The van der Waals surface area contributed by atoms with Crippen LogP contribution in [-0.2, 0) is 4.79 Å². The largest absolute Gasteiger partial charge is 0.479 e. The van der Waals surface area contributed by atoms with Gasteiger partial charge in [0, 0.05) is 19.0 Å². The van der Waals surface area contributed by atoms with Crippen LogP contribution in [0.25, 0.3) is 0 Å². The van der Waals surface area contributed by atoms with Crippen molar-refractivity contribution in [1.29, 1.82) is 0 Å². The number of halogens is 1. The van der Waals surface area contributed by atoms with Crippen LogP contribution >= 0.6 is 15.9 Å². The molecule has 0 heterocycles. The molecule has 0 aliphatic carbocycles. The van der Waals surface area contributed by atoms with Crippen molar-refractivity contribution < 1.29 is 24.7 Å². The summed E-state index contributed by atoms with van der Waals surface area (Å²) >= 11 is 2.98. The van der Waals surface area contributed by atoms with E-state index in [0.717, 1.165) is 0 Å². The number of nitrogens with one attached hydrogen (secondary N) is 1. The lowest BCUT2D eigenvalue weighted by Crippen LogP contribution is -2.30. The summed E-state index contributed by atoms with van der Waals surface area (Å²) in [4.78, 5) is 32.3. The first-order chi connectivity index (χ1) is 9.34. The average Bonchev–Trinajstić information content (AvgIpc) is 2.38. The van der Waals surface area contributed by atoms with E-state index in [0.29, 0.717) is 0 Å². The maximum atomic E-state index is 11.8. The summed E-state index contributed by atoms with van der Waals surface area (Å²) in [5.41, 5.74) is -0.188. The SMILES string of the molecule is O=C(NCC[C@H](O)C(=O)O)c1cccc([N+](=O)[O-])c1Br. The Labute approximate surface area is 121 Å². The second kappa shape index (κ2) is 6.96. The second-order valence-electron chi connectivity index (χ2n) is 3.79. The van der Waals surface area contributed by atoms with Crippen molar-refractivity contribution in [2.24, 2.45) is 0 Å². The molecular formula is C11H11BrN2O6. The smallest absolute Gasteiger partial charge is 0.332 e. The Morgan fingerprint density at radius 3 is 2.65 bits per heavy atom. The number of aliphatic hydroxyl groups excluding tert-OH is 1. The summed E-state index contributed by atoms with van der Waals surface area (Å²) in [5, 5.41) is 30.6. The summed E-state index contributed by atoms with van der Waals surface area (Å²) in [6.07, 6.45) is -1.72. The molecule has 20 heavy (non-hydrogen) atoms. The molecule has 0 radical (unpaired) electrons. The number of hydrogen-bond donors (Lipinski definition) is 3. The molecule has 0 fully saturated rings. The molecule has 1 atom stereocenters. The monoisotopic (exact) mass is 346 g/mol. The van der Waals surface area contributed by atoms with Crippen LogP contribution < -0.4 is 5.32 Å². The van der Waals surface area contributed by atoms with E-state index >= 15 is 0 Å². The van der Waals surface area contributed by atoms with Crippen molar-refractivity contribution in [2.45, 2.75) is 12.5 Å². The number of aliphatic carboxylic acids is 1. The zero-order chi connectivity index (χ0) is 15.3. The van der Waals surface area contributed by atoms with Gasteiger partial charge in [0.1, 0.15) is 4.47 Å². The van der Waals surface area contributed by atoms with E-state index in [1.54, 1.807) is 0 Å². The van der Waals surface area contributed by atoms with Gasteiger partial charge in [-0.1, -0.05) is 6.07 Å².